The third-order valence-corrected chi connectivity index (χ3v) is 5.15. The molecule has 8 nitrogen and oxygen atoms in total. The Hall–Kier alpha value is -3.26. The van der Waals surface area contributed by atoms with E-state index in [0.717, 1.165) is 16.6 Å². The van der Waals surface area contributed by atoms with Gasteiger partial charge in [-0.3, -0.25) is 13.9 Å². The fourth-order valence-electron chi connectivity index (χ4n) is 3.55. The van der Waals surface area contributed by atoms with Crippen molar-refractivity contribution in [2.75, 3.05) is 27.4 Å². The van der Waals surface area contributed by atoms with Crippen molar-refractivity contribution in [3.63, 3.8) is 0 Å². The number of hydrogen-bond donors (Lipinski definition) is 1. The van der Waals surface area contributed by atoms with Crippen LogP contribution in [0.15, 0.2) is 47.3 Å². The van der Waals surface area contributed by atoms with Gasteiger partial charge in [0, 0.05) is 13.7 Å². The summed E-state index contributed by atoms with van der Waals surface area (Å²) in [5.74, 6) is 0.950. The summed E-state index contributed by atoms with van der Waals surface area (Å²) in [6, 6.07) is 12.7. The Kier molecular flexibility index (Phi) is 7.36. The minimum absolute atomic E-state index is 0.0496. The lowest BCUT2D eigenvalue weighted by Gasteiger charge is -2.17. The average Bonchev–Trinajstić information content (AvgIpc) is 3.04. The second-order valence-electron chi connectivity index (χ2n) is 7.14. The van der Waals surface area contributed by atoms with Gasteiger partial charge in [-0.2, -0.15) is 0 Å². The van der Waals surface area contributed by atoms with Crippen LogP contribution in [0.2, 0.25) is 0 Å². The molecule has 3 aromatic rings. The number of amides is 1. The molecule has 166 valence electrons. The topological polar surface area (TPSA) is 83.7 Å². The summed E-state index contributed by atoms with van der Waals surface area (Å²) in [5.41, 5.74) is 2.25. The number of para-hydroxylation sites is 2. The smallest absolute Gasteiger partial charge is 0.329 e. The van der Waals surface area contributed by atoms with E-state index in [2.05, 4.69) is 5.32 Å². The van der Waals surface area contributed by atoms with Crippen LogP contribution in [0, 0.1) is 0 Å². The number of carbonyl (C=O) groups excluding carboxylic acids is 1. The SMILES string of the molecule is CCn1c(=O)n(CC(=O)NC(C)c2ccc(OCCOC)c(OC)c2)c2ccccc21. The molecule has 2 aromatic carbocycles. The van der Waals surface area contributed by atoms with Crippen LogP contribution in [-0.2, 0) is 22.6 Å². The molecule has 0 spiro atoms. The maximum Gasteiger partial charge on any atom is 0.329 e. The molecule has 0 aliphatic carbocycles. The number of hydrogen-bond acceptors (Lipinski definition) is 5. The van der Waals surface area contributed by atoms with Crippen molar-refractivity contribution < 1.29 is 19.0 Å². The Morgan fingerprint density at radius 1 is 1.03 bits per heavy atom. The molecule has 1 atom stereocenters. The van der Waals surface area contributed by atoms with Crippen LogP contribution in [0.1, 0.15) is 25.5 Å². The first-order valence-electron chi connectivity index (χ1n) is 10.3. The molecule has 31 heavy (non-hydrogen) atoms. The maximum absolute atomic E-state index is 12.7. The predicted octanol–water partition coefficient (Wildman–Crippen LogP) is 2.73. The number of fused-ring (bicyclic) bond motifs is 1. The van der Waals surface area contributed by atoms with Crippen LogP contribution < -0.4 is 20.5 Å². The quantitative estimate of drug-likeness (QED) is 0.503. The number of carbonyl (C=O) groups is 1. The van der Waals surface area contributed by atoms with Gasteiger partial charge in [-0.1, -0.05) is 18.2 Å². The third-order valence-electron chi connectivity index (χ3n) is 5.15. The summed E-state index contributed by atoms with van der Waals surface area (Å²) in [6.07, 6.45) is 0. The van der Waals surface area contributed by atoms with Crippen LogP contribution in [0.25, 0.3) is 11.0 Å². The third kappa shape index (κ3) is 4.91. The molecule has 1 unspecified atom stereocenters. The molecular formula is C23H29N3O5. The van der Waals surface area contributed by atoms with Gasteiger partial charge in [0.25, 0.3) is 0 Å². The highest BCUT2D eigenvalue weighted by atomic mass is 16.5. The lowest BCUT2D eigenvalue weighted by molar-refractivity contribution is -0.122. The summed E-state index contributed by atoms with van der Waals surface area (Å²) in [5, 5.41) is 2.96. The average molecular weight is 428 g/mol. The molecule has 0 aliphatic heterocycles. The maximum atomic E-state index is 12.7. The number of methoxy groups -OCH3 is 2. The van der Waals surface area contributed by atoms with Gasteiger partial charge >= 0.3 is 5.69 Å². The number of imidazole rings is 1. The van der Waals surface area contributed by atoms with Gasteiger partial charge in [0.2, 0.25) is 5.91 Å². The predicted molar refractivity (Wildman–Crippen MR) is 119 cm³/mol. The summed E-state index contributed by atoms with van der Waals surface area (Å²) in [4.78, 5) is 25.5. The zero-order valence-corrected chi connectivity index (χ0v) is 18.4. The van der Waals surface area contributed by atoms with Gasteiger partial charge in [0.15, 0.2) is 11.5 Å². The van der Waals surface area contributed by atoms with Crippen molar-refractivity contribution in [2.24, 2.45) is 0 Å². The molecule has 0 saturated heterocycles. The Bertz CT molecular complexity index is 1100. The van der Waals surface area contributed by atoms with Crippen molar-refractivity contribution in [1.29, 1.82) is 0 Å². The van der Waals surface area contributed by atoms with Crippen molar-refractivity contribution >= 4 is 16.9 Å². The van der Waals surface area contributed by atoms with E-state index in [9.17, 15) is 9.59 Å². The molecular weight excluding hydrogens is 398 g/mol. The number of nitrogens with zero attached hydrogens (tertiary/aromatic N) is 2. The second kappa shape index (κ2) is 10.2. The molecule has 1 N–H and O–H groups in total. The molecule has 1 aromatic heterocycles. The van der Waals surface area contributed by atoms with Crippen molar-refractivity contribution in [2.45, 2.75) is 33.0 Å². The van der Waals surface area contributed by atoms with Crippen LogP contribution in [0.4, 0.5) is 0 Å². The molecule has 0 saturated carbocycles. The largest absolute Gasteiger partial charge is 0.493 e. The minimum Gasteiger partial charge on any atom is -0.493 e. The Balaban J connectivity index is 1.73. The lowest BCUT2D eigenvalue weighted by atomic mass is 10.1. The molecule has 0 aliphatic rings. The fraction of sp³-hybridized carbons (Fsp3) is 0.391. The van der Waals surface area contributed by atoms with E-state index < -0.39 is 0 Å². The van der Waals surface area contributed by atoms with Gasteiger partial charge in [-0.15, -0.1) is 0 Å². The Labute approximate surface area is 181 Å². The zero-order chi connectivity index (χ0) is 22.4. The second-order valence-corrected chi connectivity index (χ2v) is 7.14. The van der Waals surface area contributed by atoms with Crippen LogP contribution in [-0.4, -0.2) is 42.5 Å². The van der Waals surface area contributed by atoms with Gasteiger partial charge < -0.3 is 19.5 Å². The number of aryl methyl sites for hydroxylation is 1. The highest BCUT2D eigenvalue weighted by Crippen LogP contribution is 2.30. The van der Waals surface area contributed by atoms with Gasteiger partial charge in [-0.25, -0.2) is 4.79 Å². The highest BCUT2D eigenvalue weighted by Gasteiger charge is 2.17. The molecule has 0 radical (unpaired) electrons. The van der Waals surface area contributed by atoms with Crippen molar-refractivity contribution in [3.8, 4) is 11.5 Å². The summed E-state index contributed by atoms with van der Waals surface area (Å²) in [6.45, 7) is 5.19. The number of ether oxygens (including phenoxy) is 3. The summed E-state index contributed by atoms with van der Waals surface area (Å²) in [7, 11) is 3.18. The Morgan fingerprint density at radius 2 is 1.74 bits per heavy atom. The van der Waals surface area contributed by atoms with E-state index in [1.54, 1.807) is 18.8 Å². The molecule has 0 bridgehead atoms. The first-order valence-corrected chi connectivity index (χ1v) is 10.3. The van der Waals surface area contributed by atoms with Gasteiger partial charge in [0.05, 0.1) is 30.8 Å². The molecule has 3 rings (SSSR count). The monoisotopic (exact) mass is 427 g/mol. The van der Waals surface area contributed by atoms with Gasteiger partial charge in [-0.05, 0) is 43.7 Å². The minimum atomic E-state index is -0.273. The van der Waals surface area contributed by atoms with E-state index in [0.29, 0.717) is 31.3 Å². The lowest BCUT2D eigenvalue weighted by Crippen LogP contribution is -2.34. The standard InChI is InChI=1S/C23H29N3O5/c1-5-25-18-8-6-7-9-19(18)26(23(25)28)15-22(27)24-16(2)17-10-11-20(21(14-17)30-4)31-13-12-29-3/h6-11,14,16H,5,12-13,15H2,1-4H3,(H,24,27). The van der Waals surface area contributed by atoms with Gasteiger partial charge in [0.1, 0.15) is 13.2 Å². The van der Waals surface area contributed by atoms with E-state index >= 15 is 0 Å². The molecule has 8 heteroatoms. The zero-order valence-electron chi connectivity index (χ0n) is 18.4. The van der Waals surface area contributed by atoms with E-state index in [1.807, 2.05) is 56.3 Å². The fourth-order valence-corrected chi connectivity index (χ4v) is 3.55. The first kappa shape index (κ1) is 22.4. The van der Waals surface area contributed by atoms with Crippen LogP contribution in [0.3, 0.4) is 0 Å². The van der Waals surface area contributed by atoms with Crippen LogP contribution >= 0.6 is 0 Å². The first-order chi connectivity index (χ1) is 15.0. The molecule has 1 amide bonds. The highest BCUT2D eigenvalue weighted by molar-refractivity contribution is 5.81. The van der Waals surface area contributed by atoms with Crippen LogP contribution in [0.5, 0.6) is 11.5 Å². The van der Waals surface area contributed by atoms with Crippen molar-refractivity contribution in [3.05, 3.63) is 58.5 Å². The Morgan fingerprint density at radius 3 is 2.39 bits per heavy atom. The van der Waals surface area contributed by atoms with E-state index in [4.69, 9.17) is 14.2 Å². The van der Waals surface area contributed by atoms with Crippen molar-refractivity contribution in [1.82, 2.24) is 14.5 Å². The van der Waals surface area contributed by atoms with E-state index in [-0.39, 0.29) is 24.2 Å². The summed E-state index contributed by atoms with van der Waals surface area (Å²) < 4.78 is 19.2. The van der Waals surface area contributed by atoms with E-state index in [1.165, 1.54) is 4.57 Å². The number of benzene rings is 2. The number of aromatic nitrogens is 2. The molecule has 0 fully saturated rings. The molecule has 1 heterocycles. The normalized spacial score (nSPS) is 12.0. The number of rotatable bonds is 10. The summed E-state index contributed by atoms with van der Waals surface area (Å²) >= 11 is 0. The number of nitrogens with one attached hydrogen (secondary N) is 1.